The summed E-state index contributed by atoms with van der Waals surface area (Å²) in [6.45, 7) is -0.0185. The molecular weight excluding hydrogens is 366 g/mol. The molecule has 0 fully saturated rings. The number of hydrogen-bond acceptors (Lipinski definition) is 6. The molecule has 1 N–H and O–H groups in total. The molecule has 0 heterocycles. The monoisotopic (exact) mass is 391 g/mol. The van der Waals surface area contributed by atoms with Gasteiger partial charge in [-0.2, -0.15) is 8.42 Å². The van der Waals surface area contributed by atoms with Crippen LogP contribution in [-0.4, -0.2) is 40.8 Å². The van der Waals surface area contributed by atoms with Gasteiger partial charge in [-0.1, -0.05) is 36.4 Å². The van der Waals surface area contributed by atoms with Crippen LogP contribution in [0.15, 0.2) is 48.5 Å². The van der Waals surface area contributed by atoms with E-state index in [4.69, 9.17) is 13.5 Å². The Morgan fingerprint density at radius 3 is 2.00 bits per heavy atom. The molecule has 0 saturated carbocycles. The molecule has 146 valence electrons. The number of unbranched alkanes of at least 4 members (excludes halogenated alkanes) is 1. The zero-order valence-electron chi connectivity index (χ0n) is 15.5. The van der Waals surface area contributed by atoms with E-state index in [0.717, 1.165) is 16.8 Å². The normalized spacial score (nSPS) is 11.7. The Balaban J connectivity index is 1.92. The number of nitrogens with zero attached hydrogens (tertiary/aromatic N) is 1. The van der Waals surface area contributed by atoms with Crippen LogP contribution < -0.4 is 9.08 Å². The van der Waals surface area contributed by atoms with Gasteiger partial charge in [-0.15, -0.1) is 0 Å². The lowest BCUT2D eigenvalue weighted by Gasteiger charge is -2.11. The van der Waals surface area contributed by atoms with Crippen LogP contribution in [0.1, 0.15) is 24.0 Å². The number of rotatable bonds is 10. The molecule has 0 aromatic heterocycles. The largest absolute Gasteiger partial charge is 0.449 e. The van der Waals surface area contributed by atoms with Crippen molar-refractivity contribution in [3.8, 4) is 5.75 Å². The van der Waals surface area contributed by atoms with Gasteiger partial charge in [0.25, 0.3) is 0 Å². The summed E-state index contributed by atoms with van der Waals surface area (Å²) in [5.41, 5.74) is 3.12. The molecule has 0 aliphatic heterocycles. The molecule has 0 atom stereocenters. The van der Waals surface area contributed by atoms with Gasteiger partial charge in [0.1, 0.15) is 5.75 Å². The van der Waals surface area contributed by atoms with Gasteiger partial charge in [0.15, 0.2) is 0 Å². The molecule has 0 radical (unpaired) electrons. The Hall–Kier alpha value is -2.35. The van der Waals surface area contributed by atoms with E-state index in [2.05, 4.69) is 0 Å². The molecule has 0 bridgehead atoms. The smallest absolute Gasteiger partial charge is 0.396 e. The zero-order chi connectivity index (χ0) is 19.7. The van der Waals surface area contributed by atoms with Crippen LogP contribution in [0.5, 0.6) is 5.75 Å². The number of benzene rings is 2. The van der Waals surface area contributed by atoms with E-state index < -0.39 is 10.4 Å². The molecule has 6 nitrogen and oxygen atoms in total. The predicted octanol–water partition coefficient (Wildman–Crippen LogP) is 3.34. The summed E-state index contributed by atoms with van der Waals surface area (Å²) >= 11 is 0. The molecule has 27 heavy (non-hydrogen) atoms. The first-order chi connectivity index (χ1) is 12.9. The van der Waals surface area contributed by atoms with Gasteiger partial charge in [-0.3, -0.25) is 0 Å². The summed E-state index contributed by atoms with van der Waals surface area (Å²) in [7, 11) is -0.108. The van der Waals surface area contributed by atoms with E-state index in [1.165, 1.54) is 0 Å². The minimum absolute atomic E-state index is 0.000952. The van der Waals surface area contributed by atoms with Gasteiger partial charge in [0.05, 0.1) is 6.61 Å². The number of aliphatic hydroxyl groups excluding tert-OH is 1. The second-order valence-corrected chi connectivity index (χ2v) is 7.35. The average Bonchev–Trinajstić information content (AvgIpc) is 2.65. The Bertz CT molecular complexity index is 828. The molecule has 0 unspecified atom stereocenters. The lowest BCUT2D eigenvalue weighted by atomic mass is 10.1. The highest BCUT2D eigenvalue weighted by Gasteiger charge is 2.13. The standard InChI is InChI=1S/C20H25NO5S/c1-21(2)19-11-7-17(8-12-19)5-6-18-9-13-20(14-10-18)26-27(23,24)25-16-4-3-15-22/h5-14,22H,3-4,15-16H2,1-2H3. The number of anilines is 1. The zero-order valence-corrected chi connectivity index (χ0v) is 16.4. The third-order valence-corrected chi connectivity index (χ3v) is 4.59. The van der Waals surface area contributed by atoms with E-state index in [-0.39, 0.29) is 19.0 Å². The lowest BCUT2D eigenvalue weighted by Crippen LogP contribution is -2.14. The fourth-order valence-corrected chi connectivity index (χ4v) is 2.94. The fourth-order valence-electron chi connectivity index (χ4n) is 2.23. The molecule has 7 heteroatoms. The van der Waals surface area contributed by atoms with E-state index >= 15 is 0 Å². The molecule has 2 rings (SSSR count). The topological polar surface area (TPSA) is 76.1 Å². The predicted molar refractivity (Wildman–Crippen MR) is 108 cm³/mol. The van der Waals surface area contributed by atoms with Crippen LogP contribution in [0.3, 0.4) is 0 Å². The maximum absolute atomic E-state index is 11.7. The SMILES string of the molecule is CN(C)c1ccc(C=Cc2ccc(OS(=O)(=O)OCCCCO)cc2)cc1. The van der Waals surface area contributed by atoms with Crippen molar-refractivity contribution in [1.82, 2.24) is 0 Å². The molecular formula is C20H25NO5S. The molecule has 2 aromatic carbocycles. The summed E-state index contributed by atoms with van der Waals surface area (Å²) in [5.74, 6) is 0.185. The Kier molecular flexibility index (Phi) is 7.84. The maximum atomic E-state index is 11.7. The molecule has 0 aliphatic carbocycles. The molecule has 0 spiro atoms. The second kappa shape index (κ2) is 10.1. The number of hydrogen-bond donors (Lipinski definition) is 1. The molecule has 0 amide bonds. The lowest BCUT2D eigenvalue weighted by molar-refractivity contribution is 0.239. The van der Waals surface area contributed by atoms with Crippen molar-refractivity contribution in [3.63, 3.8) is 0 Å². The van der Waals surface area contributed by atoms with Crippen molar-refractivity contribution in [1.29, 1.82) is 0 Å². The highest BCUT2D eigenvalue weighted by atomic mass is 32.3. The summed E-state index contributed by atoms with van der Waals surface area (Å²) < 4.78 is 33.0. The van der Waals surface area contributed by atoms with Gasteiger partial charge >= 0.3 is 10.4 Å². The second-order valence-electron chi connectivity index (χ2n) is 6.13. The van der Waals surface area contributed by atoms with Crippen molar-refractivity contribution < 1.29 is 21.9 Å². The third-order valence-electron chi connectivity index (χ3n) is 3.74. The van der Waals surface area contributed by atoms with Gasteiger partial charge in [0.2, 0.25) is 0 Å². The summed E-state index contributed by atoms with van der Waals surface area (Å²) in [4.78, 5) is 2.04. The Morgan fingerprint density at radius 2 is 1.48 bits per heavy atom. The molecule has 2 aromatic rings. The molecule has 0 aliphatic rings. The van der Waals surface area contributed by atoms with Crippen LogP contribution in [0.2, 0.25) is 0 Å². The first-order valence-electron chi connectivity index (χ1n) is 8.65. The summed E-state index contributed by atoms with van der Waals surface area (Å²) in [5, 5.41) is 8.66. The van der Waals surface area contributed by atoms with Crippen molar-refractivity contribution in [2.45, 2.75) is 12.8 Å². The Labute approximate surface area is 161 Å². The van der Waals surface area contributed by atoms with Crippen LogP contribution in [0.25, 0.3) is 12.2 Å². The first kappa shape index (κ1) is 21.0. The van der Waals surface area contributed by atoms with Gasteiger partial charge in [-0.05, 0) is 48.2 Å². The summed E-state index contributed by atoms with van der Waals surface area (Å²) in [6, 6.07) is 14.8. The maximum Gasteiger partial charge on any atom is 0.449 e. The fraction of sp³-hybridized carbons (Fsp3) is 0.300. The third kappa shape index (κ3) is 7.42. The van der Waals surface area contributed by atoms with Crippen LogP contribution in [0.4, 0.5) is 5.69 Å². The van der Waals surface area contributed by atoms with Crippen LogP contribution >= 0.6 is 0 Å². The van der Waals surface area contributed by atoms with Gasteiger partial charge < -0.3 is 14.2 Å². The number of aliphatic hydroxyl groups is 1. The van der Waals surface area contributed by atoms with Gasteiger partial charge in [-0.25, -0.2) is 4.18 Å². The minimum Gasteiger partial charge on any atom is -0.396 e. The van der Waals surface area contributed by atoms with Gasteiger partial charge in [0, 0.05) is 26.4 Å². The van der Waals surface area contributed by atoms with E-state index in [1.54, 1.807) is 24.3 Å². The van der Waals surface area contributed by atoms with E-state index in [1.807, 2.05) is 55.4 Å². The van der Waals surface area contributed by atoms with Crippen molar-refractivity contribution >= 4 is 28.2 Å². The van der Waals surface area contributed by atoms with E-state index in [9.17, 15) is 8.42 Å². The molecule has 0 saturated heterocycles. The highest BCUT2D eigenvalue weighted by molar-refractivity contribution is 7.82. The highest BCUT2D eigenvalue weighted by Crippen LogP contribution is 2.18. The summed E-state index contributed by atoms with van der Waals surface area (Å²) in [6.07, 6.45) is 4.84. The van der Waals surface area contributed by atoms with Crippen molar-refractivity contribution in [2.24, 2.45) is 0 Å². The first-order valence-corrected chi connectivity index (χ1v) is 9.98. The van der Waals surface area contributed by atoms with E-state index in [0.29, 0.717) is 12.8 Å². The van der Waals surface area contributed by atoms with Crippen molar-refractivity contribution in [2.75, 3.05) is 32.2 Å². The van der Waals surface area contributed by atoms with Crippen LogP contribution in [-0.2, 0) is 14.6 Å². The quantitative estimate of drug-likeness (QED) is 0.495. The average molecular weight is 391 g/mol. The minimum atomic E-state index is -4.10. The Morgan fingerprint density at radius 1 is 0.926 bits per heavy atom. The van der Waals surface area contributed by atoms with Crippen LogP contribution in [0, 0.1) is 0 Å². The van der Waals surface area contributed by atoms with Crippen molar-refractivity contribution in [3.05, 3.63) is 59.7 Å².